The molecule has 2 atom stereocenters. The number of hydrogen-bond acceptors (Lipinski definition) is 1. The summed E-state index contributed by atoms with van der Waals surface area (Å²) < 4.78 is 0. The van der Waals surface area contributed by atoms with Crippen molar-refractivity contribution >= 4 is 23.2 Å². The summed E-state index contributed by atoms with van der Waals surface area (Å²) in [7, 11) is 0. The van der Waals surface area contributed by atoms with Crippen LogP contribution in [0.2, 0.25) is 10.0 Å². The Bertz CT molecular complexity index is 421. The summed E-state index contributed by atoms with van der Waals surface area (Å²) in [6.07, 6.45) is 4.24. The smallest absolute Gasteiger partial charge is 0.0624 e. The Hall–Kier alpha value is -0.240. The fraction of sp³-hybridized carbons (Fsp3) is 0.600. The molecule has 100 valence electrons. The van der Waals surface area contributed by atoms with Crippen molar-refractivity contribution in [3.05, 3.63) is 33.8 Å². The Kier molecular flexibility index (Phi) is 4.25. The van der Waals surface area contributed by atoms with Crippen LogP contribution in [0.3, 0.4) is 0 Å². The van der Waals surface area contributed by atoms with Crippen molar-refractivity contribution in [2.45, 2.75) is 45.1 Å². The van der Waals surface area contributed by atoms with Crippen LogP contribution in [-0.4, -0.2) is 5.54 Å². The van der Waals surface area contributed by atoms with E-state index in [2.05, 4.69) is 13.8 Å². The van der Waals surface area contributed by atoms with Gasteiger partial charge in [0.1, 0.15) is 0 Å². The van der Waals surface area contributed by atoms with Crippen LogP contribution in [0.4, 0.5) is 0 Å². The third kappa shape index (κ3) is 3.20. The van der Waals surface area contributed by atoms with Gasteiger partial charge >= 0.3 is 0 Å². The molecule has 1 aromatic rings. The molecule has 1 nitrogen and oxygen atoms in total. The molecule has 2 rings (SSSR count). The van der Waals surface area contributed by atoms with Crippen LogP contribution in [0, 0.1) is 11.8 Å². The summed E-state index contributed by atoms with van der Waals surface area (Å²) >= 11 is 12.3. The first-order chi connectivity index (χ1) is 8.39. The van der Waals surface area contributed by atoms with Gasteiger partial charge in [-0.3, -0.25) is 0 Å². The van der Waals surface area contributed by atoms with E-state index in [-0.39, 0.29) is 5.54 Å². The minimum atomic E-state index is -0.134. The van der Waals surface area contributed by atoms with Gasteiger partial charge in [0.25, 0.3) is 0 Å². The first kappa shape index (κ1) is 14.2. The molecule has 1 saturated carbocycles. The summed E-state index contributed by atoms with van der Waals surface area (Å²) in [6, 6.07) is 5.80. The van der Waals surface area contributed by atoms with Gasteiger partial charge in [-0.1, -0.05) is 49.2 Å². The van der Waals surface area contributed by atoms with Crippen molar-refractivity contribution < 1.29 is 0 Å². The van der Waals surface area contributed by atoms with Crippen LogP contribution < -0.4 is 5.73 Å². The number of nitrogens with two attached hydrogens (primary N) is 1. The van der Waals surface area contributed by atoms with E-state index in [1.165, 1.54) is 6.42 Å². The Morgan fingerprint density at radius 1 is 1.22 bits per heavy atom. The van der Waals surface area contributed by atoms with Crippen molar-refractivity contribution in [1.82, 2.24) is 0 Å². The molecule has 0 aromatic heterocycles. The van der Waals surface area contributed by atoms with Crippen molar-refractivity contribution in [2.24, 2.45) is 17.6 Å². The molecule has 1 aliphatic rings. The quantitative estimate of drug-likeness (QED) is 0.838. The second-order valence-corrected chi connectivity index (χ2v) is 6.89. The second-order valence-electron chi connectivity index (χ2n) is 6.11. The molecule has 3 heteroatoms. The lowest BCUT2D eigenvalue weighted by atomic mass is 9.70. The summed E-state index contributed by atoms with van der Waals surface area (Å²) in [4.78, 5) is 0. The third-order valence-corrected chi connectivity index (χ3v) is 4.75. The van der Waals surface area contributed by atoms with E-state index >= 15 is 0 Å². The largest absolute Gasteiger partial charge is 0.325 e. The highest BCUT2D eigenvalue weighted by Crippen LogP contribution is 2.38. The molecular weight excluding hydrogens is 265 g/mol. The lowest BCUT2D eigenvalue weighted by molar-refractivity contribution is 0.182. The zero-order valence-corrected chi connectivity index (χ0v) is 12.6. The van der Waals surface area contributed by atoms with E-state index in [1.54, 1.807) is 0 Å². The maximum absolute atomic E-state index is 6.59. The number of rotatable bonds is 2. The van der Waals surface area contributed by atoms with Gasteiger partial charge in [-0.15, -0.1) is 0 Å². The standard InChI is InChI=1S/C15H21Cl2N/c1-10-6-11(2)8-15(18,7-10)9-12-4-3-5-13(16)14(12)17/h3-5,10-11H,6-9,18H2,1-2H3. The van der Waals surface area contributed by atoms with Gasteiger partial charge in [-0.05, 0) is 49.1 Å². The normalized spacial score (nSPS) is 32.5. The summed E-state index contributed by atoms with van der Waals surface area (Å²) in [5.41, 5.74) is 7.53. The average molecular weight is 286 g/mol. The molecule has 1 aromatic carbocycles. The molecule has 0 spiro atoms. The fourth-order valence-electron chi connectivity index (χ4n) is 3.53. The van der Waals surface area contributed by atoms with Gasteiger partial charge in [0.05, 0.1) is 10.0 Å². The minimum Gasteiger partial charge on any atom is -0.325 e. The van der Waals surface area contributed by atoms with Gasteiger partial charge in [-0.25, -0.2) is 0 Å². The topological polar surface area (TPSA) is 26.0 Å². The van der Waals surface area contributed by atoms with Gasteiger partial charge < -0.3 is 5.73 Å². The zero-order valence-electron chi connectivity index (χ0n) is 11.0. The van der Waals surface area contributed by atoms with Gasteiger partial charge in [0.2, 0.25) is 0 Å². The van der Waals surface area contributed by atoms with Crippen molar-refractivity contribution in [1.29, 1.82) is 0 Å². The van der Waals surface area contributed by atoms with Gasteiger partial charge in [-0.2, -0.15) is 0 Å². The molecule has 0 radical (unpaired) electrons. The molecule has 0 heterocycles. The van der Waals surface area contributed by atoms with E-state index in [9.17, 15) is 0 Å². The third-order valence-electron chi connectivity index (χ3n) is 3.89. The Labute approximate surface area is 120 Å². The summed E-state index contributed by atoms with van der Waals surface area (Å²) in [5, 5.41) is 1.28. The van der Waals surface area contributed by atoms with Crippen molar-refractivity contribution in [3.63, 3.8) is 0 Å². The number of hydrogen-bond donors (Lipinski definition) is 1. The molecule has 0 aliphatic heterocycles. The van der Waals surface area contributed by atoms with Crippen LogP contribution in [0.1, 0.15) is 38.7 Å². The Morgan fingerprint density at radius 2 is 1.83 bits per heavy atom. The highest BCUT2D eigenvalue weighted by molar-refractivity contribution is 6.42. The van der Waals surface area contributed by atoms with Crippen LogP contribution >= 0.6 is 23.2 Å². The summed E-state index contributed by atoms with van der Waals surface area (Å²) in [6.45, 7) is 4.58. The minimum absolute atomic E-state index is 0.134. The lowest BCUT2D eigenvalue weighted by Crippen LogP contribution is -2.48. The number of benzene rings is 1. The van der Waals surface area contributed by atoms with Crippen molar-refractivity contribution in [3.8, 4) is 0 Å². The predicted molar refractivity (Wildman–Crippen MR) is 79.3 cm³/mol. The lowest BCUT2D eigenvalue weighted by Gasteiger charge is -2.40. The second kappa shape index (κ2) is 5.40. The SMILES string of the molecule is CC1CC(C)CC(N)(Cc2cccc(Cl)c2Cl)C1. The van der Waals surface area contributed by atoms with Crippen LogP contribution in [0.15, 0.2) is 18.2 Å². The van der Waals surface area contributed by atoms with E-state index in [4.69, 9.17) is 28.9 Å². The zero-order chi connectivity index (χ0) is 13.3. The van der Waals surface area contributed by atoms with Gasteiger partial charge in [0, 0.05) is 5.54 Å². The molecule has 0 saturated heterocycles. The maximum atomic E-state index is 6.59. The van der Waals surface area contributed by atoms with E-state index in [0.29, 0.717) is 21.9 Å². The van der Waals surface area contributed by atoms with Gasteiger partial charge in [0.15, 0.2) is 0 Å². The molecule has 1 aliphatic carbocycles. The first-order valence-corrected chi connectivity index (χ1v) is 7.37. The highest BCUT2D eigenvalue weighted by atomic mass is 35.5. The van der Waals surface area contributed by atoms with Crippen LogP contribution in [0.5, 0.6) is 0 Å². The Balaban J connectivity index is 2.19. The maximum Gasteiger partial charge on any atom is 0.0624 e. The molecule has 0 amide bonds. The van der Waals surface area contributed by atoms with Crippen LogP contribution in [0.25, 0.3) is 0 Å². The molecular formula is C15H21Cl2N. The molecule has 1 fully saturated rings. The van der Waals surface area contributed by atoms with E-state index in [0.717, 1.165) is 24.8 Å². The van der Waals surface area contributed by atoms with Crippen molar-refractivity contribution in [2.75, 3.05) is 0 Å². The van der Waals surface area contributed by atoms with Crippen LogP contribution in [-0.2, 0) is 6.42 Å². The molecule has 0 bridgehead atoms. The first-order valence-electron chi connectivity index (χ1n) is 6.61. The number of halogens is 2. The van der Waals surface area contributed by atoms with E-state index < -0.39 is 0 Å². The average Bonchev–Trinajstić information content (AvgIpc) is 2.22. The molecule has 2 N–H and O–H groups in total. The predicted octanol–water partition coefficient (Wildman–Crippen LogP) is 4.69. The molecule has 18 heavy (non-hydrogen) atoms. The summed E-state index contributed by atoms with van der Waals surface area (Å²) in [5.74, 6) is 1.38. The monoisotopic (exact) mass is 285 g/mol. The highest BCUT2D eigenvalue weighted by Gasteiger charge is 2.35. The Morgan fingerprint density at radius 3 is 2.44 bits per heavy atom. The molecule has 2 unspecified atom stereocenters. The van der Waals surface area contributed by atoms with E-state index in [1.807, 2.05) is 18.2 Å². The fourth-order valence-corrected chi connectivity index (χ4v) is 3.92.